The number of sulfone groups is 1. The molecule has 0 spiro atoms. The lowest BCUT2D eigenvalue weighted by Gasteiger charge is -2.73. The molecule has 7 saturated carbocycles. The Bertz CT molecular complexity index is 1830. The predicted octanol–water partition coefficient (Wildman–Crippen LogP) is 8.10. The number of nitrogens with zero attached hydrogens (tertiary/aromatic N) is 1. The van der Waals surface area contributed by atoms with Crippen LogP contribution < -0.4 is 10.6 Å². The smallest absolute Gasteiger partial charge is 0.407 e. The van der Waals surface area contributed by atoms with Gasteiger partial charge in [-0.3, -0.25) is 14.5 Å². The van der Waals surface area contributed by atoms with E-state index in [2.05, 4.69) is 57.1 Å². The fourth-order valence-electron chi connectivity index (χ4n) is 16.8. The van der Waals surface area contributed by atoms with Crippen LogP contribution in [0, 0.1) is 73.9 Å². The Kier molecular flexibility index (Phi) is 11.5. The van der Waals surface area contributed by atoms with Crippen LogP contribution in [-0.2, 0) is 28.9 Å². The van der Waals surface area contributed by atoms with Crippen LogP contribution in [0.1, 0.15) is 153 Å². The van der Waals surface area contributed by atoms with Gasteiger partial charge >= 0.3 is 18.0 Å². The second-order valence-corrected chi connectivity index (χ2v) is 26.5. The molecule has 0 aromatic rings. The number of aliphatic carboxylic acids is 1. The van der Waals surface area contributed by atoms with Crippen molar-refractivity contribution in [3.63, 3.8) is 0 Å². The van der Waals surface area contributed by atoms with Crippen molar-refractivity contribution in [3.8, 4) is 0 Å². The van der Waals surface area contributed by atoms with E-state index in [0.717, 1.165) is 25.7 Å². The lowest BCUT2D eigenvalue weighted by atomic mass is 9.32. The predicted molar refractivity (Wildman–Crippen MR) is 236 cm³/mol. The van der Waals surface area contributed by atoms with Crippen LogP contribution in [0.25, 0.3) is 0 Å². The molecule has 12 heteroatoms. The molecule has 1 aliphatic heterocycles. The standard InChI is InChI=1S/C49H81N3O8S/c1-11-59-42(56)51-30(2)35(52-24-26-61(57,58)27-25-52)29-50-49-19-14-31(45(7)20-21-45)39(49)32-12-13-37-46(8)17-16-38(60-41(55)34-28-33(40(53)54)43(34,3)4)44(5,6)36(46)15-18-48(37,10)47(32,9)22-23-49/h30-39,50H,11-29H2,1-10H3,(H,51,56)(H,53,54)/t30-,31-,32-,33+,34-,35-,36+,37-,38+,39-,46+,47-,48-,49+/m1/s1. The molecule has 1 heterocycles. The number of ether oxygens (including phenoxy) is 2. The van der Waals surface area contributed by atoms with Crippen LogP contribution in [0.4, 0.5) is 4.79 Å². The summed E-state index contributed by atoms with van der Waals surface area (Å²) in [5, 5.41) is 17.1. The minimum Gasteiger partial charge on any atom is -0.481 e. The Balaban J connectivity index is 1.03. The summed E-state index contributed by atoms with van der Waals surface area (Å²) in [5.41, 5.74) is 0.148. The largest absolute Gasteiger partial charge is 0.481 e. The van der Waals surface area contributed by atoms with Crippen LogP contribution in [0.15, 0.2) is 0 Å². The first kappa shape index (κ1) is 45.6. The van der Waals surface area contributed by atoms with Crippen molar-refractivity contribution in [2.75, 3.05) is 37.7 Å². The zero-order chi connectivity index (χ0) is 44.3. The second-order valence-electron chi connectivity index (χ2n) is 24.2. The first-order chi connectivity index (χ1) is 28.4. The highest BCUT2D eigenvalue weighted by atomic mass is 32.2. The van der Waals surface area contributed by atoms with Gasteiger partial charge in [0.2, 0.25) is 0 Å². The first-order valence-electron chi connectivity index (χ1n) is 24.5. The molecule has 0 aromatic heterocycles. The fraction of sp³-hybridized carbons (Fsp3) is 0.939. The summed E-state index contributed by atoms with van der Waals surface area (Å²) < 4.78 is 36.8. The van der Waals surface area contributed by atoms with Gasteiger partial charge in [-0.05, 0) is 154 Å². The topological polar surface area (TPSA) is 151 Å². The molecule has 7 aliphatic carbocycles. The van der Waals surface area contributed by atoms with E-state index in [1.165, 1.54) is 51.4 Å². The number of carbonyl (C=O) groups excluding carboxylic acids is 2. The van der Waals surface area contributed by atoms with Crippen LogP contribution in [0.2, 0.25) is 0 Å². The van der Waals surface area contributed by atoms with Crippen LogP contribution in [-0.4, -0.2) is 97.9 Å². The van der Waals surface area contributed by atoms with Crippen molar-refractivity contribution in [2.24, 2.45) is 73.9 Å². The van der Waals surface area contributed by atoms with Crippen LogP contribution >= 0.6 is 0 Å². The molecule has 0 radical (unpaired) electrons. The highest BCUT2D eigenvalue weighted by Crippen LogP contribution is 2.78. The van der Waals surface area contributed by atoms with E-state index in [4.69, 9.17) is 9.47 Å². The summed E-state index contributed by atoms with van der Waals surface area (Å²) in [4.78, 5) is 40.6. The van der Waals surface area contributed by atoms with Gasteiger partial charge in [-0.25, -0.2) is 13.2 Å². The van der Waals surface area contributed by atoms with Crippen molar-refractivity contribution >= 4 is 27.9 Å². The number of hydrogen-bond acceptors (Lipinski definition) is 9. The lowest BCUT2D eigenvalue weighted by Crippen LogP contribution is -2.69. The second kappa shape index (κ2) is 15.3. The third kappa shape index (κ3) is 7.22. The number of rotatable bonds is 11. The number of carbonyl (C=O) groups is 3. The zero-order valence-electron chi connectivity index (χ0n) is 39.4. The minimum absolute atomic E-state index is 0.0118. The van der Waals surface area contributed by atoms with E-state index < -0.39 is 33.2 Å². The van der Waals surface area contributed by atoms with Crippen LogP contribution in [0.5, 0.6) is 0 Å². The van der Waals surface area contributed by atoms with Crippen LogP contribution in [0.3, 0.4) is 0 Å². The number of amides is 1. The third-order valence-corrected chi connectivity index (χ3v) is 22.7. The fourth-order valence-corrected chi connectivity index (χ4v) is 18.1. The molecule has 8 rings (SSSR count). The Morgan fingerprint density at radius 1 is 0.770 bits per heavy atom. The molecule has 11 nitrogen and oxygen atoms in total. The number of hydrogen-bond donors (Lipinski definition) is 3. The summed E-state index contributed by atoms with van der Waals surface area (Å²) >= 11 is 0. The number of fused-ring (bicyclic) bond motifs is 7. The van der Waals surface area contributed by atoms with Crippen molar-refractivity contribution in [1.29, 1.82) is 0 Å². The summed E-state index contributed by atoms with van der Waals surface area (Å²) in [7, 11) is -3.06. The molecule has 8 fully saturated rings. The van der Waals surface area contributed by atoms with E-state index in [1.807, 2.05) is 27.7 Å². The molecule has 3 N–H and O–H groups in total. The van der Waals surface area contributed by atoms with E-state index in [1.54, 1.807) is 0 Å². The van der Waals surface area contributed by atoms with E-state index in [0.29, 0.717) is 67.7 Å². The summed E-state index contributed by atoms with van der Waals surface area (Å²) in [5.74, 6) is 1.30. The summed E-state index contributed by atoms with van der Waals surface area (Å²) in [6.07, 6.45) is 13.9. The summed E-state index contributed by atoms with van der Waals surface area (Å²) in [6.45, 7) is 24.9. The van der Waals surface area contributed by atoms with Gasteiger partial charge in [0.25, 0.3) is 0 Å². The molecule has 61 heavy (non-hydrogen) atoms. The van der Waals surface area contributed by atoms with Gasteiger partial charge in [0.1, 0.15) is 6.10 Å². The third-order valence-electron chi connectivity index (χ3n) is 21.1. The van der Waals surface area contributed by atoms with Gasteiger partial charge in [-0.15, -0.1) is 0 Å². The van der Waals surface area contributed by atoms with Gasteiger partial charge < -0.3 is 25.2 Å². The van der Waals surface area contributed by atoms with E-state index in [-0.39, 0.29) is 68.8 Å². The summed E-state index contributed by atoms with van der Waals surface area (Å²) in [6, 6.07) is -0.265. The molecule has 346 valence electrons. The van der Waals surface area contributed by atoms with Crippen molar-refractivity contribution in [3.05, 3.63) is 0 Å². The number of nitrogens with one attached hydrogen (secondary N) is 2. The molecule has 0 unspecified atom stereocenters. The lowest BCUT2D eigenvalue weighted by molar-refractivity contribution is -0.250. The van der Waals surface area contributed by atoms with Crippen molar-refractivity contribution in [2.45, 2.75) is 176 Å². The molecular weight excluding hydrogens is 791 g/mol. The molecule has 14 atom stereocenters. The molecule has 0 bridgehead atoms. The van der Waals surface area contributed by atoms with Gasteiger partial charge in [-0.2, -0.15) is 0 Å². The van der Waals surface area contributed by atoms with Gasteiger partial charge in [-0.1, -0.05) is 55.4 Å². The maximum Gasteiger partial charge on any atom is 0.407 e. The SMILES string of the molecule is CCOC(=O)N[C@H](C)[C@@H](CN[C@]12CC[C@@H](C3(C)CC3)[C@@H]1[C@H]1CC[C@@H]3[C@@]4(C)CC[C@H](OC(=O)[C@H]5C[C@@H](C(=O)O)C5(C)C)C(C)(C)[C@@H]4CC[C@@]3(C)[C@]1(C)CC2)N1CCS(=O)(=O)CC1. The quantitative estimate of drug-likeness (QED) is 0.174. The maximum absolute atomic E-state index is 13.7. The number of alkyl carbamates (subject to hydrolysis) is 1. The molecular formula is C49H81N3O8S. The number of carboxylic acid groups (broad SMARTS) is 1. The number of esters is 1. The normalized spacial score (nSPS) is 45.0. The average molecular weight is 872 g/mol. The highest BCUT2D eigenvalue weighted by molar-refractivity contribution is 7.91. The van der Waals surface area contributed by atoms with Crippen molar-refractivity contribution < 1.29 is 37.4 Å². The minimum atomic E-state index is -3.06. The van der Waals surface area contributed by atoms with Gasteiger partial charge in [0.05, 0.1) is 29.9 Å². The van der Waals surface area contributed by atoms with E-state index >= 15 is 0 Å². The molecule has 0 aromatic carbocycles. The van der Waals surface area contributed by atoms with Gasteiger partial charge in [0.15, 0.2) is 9.84 Å². The van der Waals surface area contributed by atoms with Crippen molar-refractivity contribution in [1.82, 2.24) is 15.5 Å². The molecule has 8 aliphatic rings. The maximum atomic E-state index is 13.7. The molecule has 1 amide bonds. The average Bonchev–Trinajstić information content (AvgIpc) is 3.79. The number of carboxylic acids is 1. The van der Waals surface area contributed by atoms with Gasteiger partial charge in [0, 0.05) is 42.7 Å². The Labute approximate surface area is 367 Å². The zero-order valence-corrected chi connectivity index (χ0v) is 40.2. The Morgan fingerprint density at radius 3 is 2.08 bits per heavy atom. The monoisotopic (exact) mass is 872 g/mol. The molecule has 1 saturated heterocycles. The van der Waals surface area contributed by atoms with E-state index in [9.17, 15) is 27.9 Å². The Morgan fingerprint density at radius 2 is 1.46 bits per heavy atom. The Hall–Kier alpha value is -1.92. The first-order valence-corrected chi connectivity index (χ1v) is 26.3. The highest BCUT2D eigenvalue weighted by Gasteiger charge is 2.72.